The quantitative estimate of drug-likeness (QED) is 0.539. The van der Waals surface area contributed by atoms with Crippen LogP contribution in [-0.4, -0.2) is 51.3 Å². The monoisotopic (exact) mass is 167 g/mol. The van der Waals surface area contributed by atoms with Gasteiger partial charge in [0, 0.05) is 13.3 Å². The maximum Gasteiger partial charge on any atom is 0.0912 e. The lowest BCUT2D eigenvalue weighted by molar-refractivity contribution is 0.138. The number of hydrogen-bond acceptors (Lipinski definition) is 3. The zero-order valence-corrected chi connectivity index (χ0v) is 6.97. The Morgan fingerprint density at radius 3 is 2.00 bits per heavy atom. The fourth-order valence-electron chi connectivity index (χ4n) is 0.498. The minimum absolute atomic E-state index is 0.174. The van der Waals surface area contributed by atoms with Crippen molar-refractivity contribution in [1.29, 1.82) is 0 Å². The van der Waals surface area contributed by atoms with Gasteiger partial charge in [-0.1, -0.05) is 0 Å². The van der Waals surface area contributed by atoms with Gasteiger partial charge in [0.2, 0.25) is 0 Å². The standard InChI is InChI=1S/C5H13NO3S/c1-6(10(2)9)5(3-7)4-8/h5,7-8H,3-4H2,1-2H3. The van der Waals surface area contributed by atoms with E-state index in [-0.39, 0.29) is 13.2 Å². The summed E-state index contributed by atoms with van der Waals surface area (Å²) in [6.07, 6.45) is 1.50. The van der Waals surface area contributed by atoms with Gasteiger partial charge in [-0.3, -0.25) is 0 Å². The molecule has 0 amide bonds. The van der Waals surface area contributed by atoms with Gasteiger partial charge in [0.15, 0.2) is 0 Å². The van der Waals surface area contributed by atoms with E-state index in [2.05, 4.69) is 0 Å². The van der Waals surface area contributed by atoms with Gasteiger partial charge in [-0.05, 0) is 0 Å². The van der Waals surface area contributed by atoms with Crippen molar-refractivity contribution >= 4 is 11.0 Å². The number of hydrogen-bond donors (Lipinski definition) is 2. The van der Waals surface area contributed by atoms with Crippen LogP contribution in [0.3, 0.4) is 0 Å². The van der Waals surface area contributed by atoms with E-state index >= 15 is 0 Å². The number of rotatable bonds is 4. The minimum atomic E-state index is -1.13. The van der Waals surface area contributed by atoms with Gasteiger partial charge in [0.25, 0.3) is 0 Å². The maximum absolute atomic E-state index is 10.7. The molecule has 62 valence electrons. The number of aliphatic hydroxyl groups excluding tert-OH is 2. The summed E-state index contributed by atoms with van der Waals surface area (Å²) in [6.45, 7) is -0.348. The highest BCUT2D eigenvalue weighted by atomic mass is 32.2. The lowest BCUT2D eigenvalue weighted by atomic mass is 10.3. The smallest absolute Gasteiger partial charge is 0.0912 e. The number of nitrogens with zero attached hydrogens (tertiary/aromatic N) is 1. The molecule has 4 nitrogen and oxygen atoms in total. The second-order valence-corrected chi connectivity index (χ2v) is 3.41. The first-order chi connectivity index (χ1) is 4.63. The van der Waals surface area contributed by atoms with Crippen LogP contribution >= 0.6 is 0 Å². The molecule has 0 spiro atoms. The van der Waals surface area contributed by atoms with Crippen molar-refractivity contribution in [2.45, 2.75) is 6.04 Å². The summed E-state index contributed by atoms with van der Waals surface area (Å²) in [7, 11) is 0.464. The van der Waals surface area contributed by atoms with Crippen molar-refractivity contribution in [3.63, 3.8) is 0 Å². The molecule has 10 heavy (non-hydrogen) atoms. The highest BCUT2D eigenvalue weighted by Crippen LogP contribution is 1.95. The average molecular weight is 167 g/mol. The summed E-state index contributed by atoms with van der Waals surface area (Å²) < 4.78 is 12.1. The van der Waals surface area contributed by atoms with Crippen LogP contribution in [0.1, 0.15) is 0 Å². The van der Waals surface area contributed by atoms with Gasteiger partial charge in [-0.2, -0.15) is 0 Å². The molecule has 2 N–H and O–H groups in total. The molecule has 0 saturated carbocycles. The Kier molecular flexibility index (Phi) is 4.80. The Morgan fingerprint density at radius 1 is 1.50 bits per heavy atom. The largest absolute Gasteiger partial charge is 0.395 e. The first-order valence-electron chi connectivity index (χ1n) is 2.91. The fraction of sp³-hybridized carbons (Fsp3) is 1.00. The van der Waals surface area contributed by atoms with Crippen LogP contribution in [0.25, 0.3) is 0 Å². The van der Waals surface area contributed by atoms with E-state index in [9.17, 15) is 4.21 Å². The van der Waals surface area contributed by atoms with Crippen molar-refractivity contribution in [2.75, 3.05) is 26.5 Å². The predicted octanol–water partition coefficient (Wildman–Crippen LogP) is -1.44. The lowest BCUT2D eigenvalue weighted by Crippen LogP contribution is -2.38. The van der Waals surface area contributed by atoms with E-state index in [1.54, 1.807) is 7.05 Å². The molecule has 0 rings (SSSR count). The molecule has 0 fully saturated rings. The van der Waals surface area contributed by atoms with Gasteiger partial charge in [-0.15, -0.1) is 0 Å². The molecule has 0 aromatic carbocycles. The van der Waals surface area contributed by atoms with E-state index in [0.29, 0.717) is 0 Å². The molecule has 0 aliphatic rings. The molecule has 0 heterocycles. The van der Waals surface area contributed by atoms with Crippen LogP contribution < -0.4 is 0 Å². The van der Waals surface area contributed by atoms with Gasteiger partial charge in [0.1, 0.15) is 0 Å². The summed E-state index contributed by atoms with van der Waals surface area (Å²) in [4.78, 5) is 0. The van der Waals surface area contributed by atoms with E-state index in [1.165, 1.54) is 10.6 Å². The highest BCUT2D eigenvalue weighted by Gasteiger charge is 2.14. The maximum atomic E-state index is 10.7. The van der Waals surface area contributed by atoms with E-state index < -0.39 is 17.0 Å². The fourth-order valence-corrected chi connectivity index (χ4v) is 1.05. The number of aliphatic hydroxyl groups is 2. The van der Waals surface area contributed by atoms with Gasteiger partial charge < -0.3 is 10.2 Å². The SMILES string of the molecule is CN(C(CO)CO)S(C)=O. The third-order valence-corrected chi connectivity index (χ3v) is 2.45. The molecule has 0 aliphatic heterocycles. The second-order valence-electron chi connectivity index (χ2n) is 1.99. The first kappa shape index (κ1) is 10.0. The van der Waals surface area contributed by atoms with Gasteiger partial charge in [0.05, 0.1) is 30.2 Å². The van der Waals surface area contributed by atoms with Crippen molar-refractivity contribution in [3.05, 3.63) is 0 Å². The molecular formula is C5H13NO3S. The van der Waals surface area contributed by atoms with Crippen LogP contribution in [0.5, 0.6) is 0 Å². The molecule has 0 bridgehead atoms. The van der Waals surface area contributed by atoms with E-state index in [4.69, 9.17) is 10.2 Å². The van der Waals surface area contributed by atoms with Gasteiger partial charge >= 0.3 is 0 Å². The first-order valence-corrected chi connectivity index (χ1v) is 4.43. The Bertz CT molecular complexity index is 115. The topological polar surface area (TPSA) is 60.8 Å². The molecule has 0 radical (unpaired) electrons. The van der Waals surface area contributed by atoms with Crippen molar-refractivity contribution < 1.29 is 14.4 Å². The third kappa shape index (κ3) is 2.74. The van der Waals surface area contributed by atoms with Crippen LogP contribution in [0.4, 0.5) is 0 Å². The van der Waals surface area contributed by atoms with Crippen molar-refractivity contribution in [2.24, 2.45) is 0 Å². The number of likely N-dealkylation sites (N-methyl/N-ethyl adjacent to an activating group) is 1. The summed E-state index contributed by atoms with van der Waals surface area (Å²) >= 11 is 0. The normalized spacial score (nSPS) is 14.6. The molecule has 0 aromatic rings. The predicted molar refractivity (Wildman–Crippen MR) is 39.8 cm³/mol. The van der Waals surface area contributed by atoms with Crippen LogP contribution in [0.2, 0.25) is 0 Å². The molecule has 5 heteroatoms. The van der Waals surface area contributed by atoms with E-state index in [0.717, 1.165) is 0 Å². The molecule has 0 aliphatic carbocycles. The van der Waals surface area contributed by atoms with E-state index in [1.807, 2.05) is 0 Å². The zero-order valence-electron chi connectivity index (χ0n) is 6.15. The molecule has 1 atom stereocenters. The van der Waals surface area contributed by atoms with Gasteiger partial charge in [-0.25, -0.2) is 8.51 Å². The van der Waals surface area contributed by atoms with Crippen LogP contribution in [-0.2, 0) is 11.0 Å². The minimum Gasteiger partial charge on any atom is -0.395 e. The van der Waals surface area contributed by atoms with Crippen LogP contribution in [0, 0.1) is 0 Å². The average Bonchev–Trinajstić information content (AvgIpc) is 1.90. The Balaban J connectivity index is 3.88. The molecule has 0 saturated heterocycles. The molecular weight excluding hydrogens is 154 g/mol. The Labute approximate surface area is 63.1 Å². The third-order valence-electron chi connectivity index (χ3n) is 1.34. The van der Waals surface area contributed by atoms with Crippen LogP contribution in [0.15, 0.2) is 0 Å². The molecule has 0 aromatic heterocycles. The lowest BCUT2D eigenvalue weighted by Gasteiger charge is -2.20. The highest BCUT2D eigenvalue weighted by molar-refractivity contribution is 7.81. The van der Waals surface area contributed by atoms with Crippen molar-refractivity contribution in [1.82, 2.24) is 4.31 Å². The Morgan fingerprint density at radius 2 is 1.90 bits per heavy atom. The summed E-state index contributed by atoms with van der Waals surface area (Å²) in [5.41, 5.74) is 0. The summed E-state index contributed by atoms with van der Waals surface area (Å²) in [5, 5.41) is 17.2. The zero-order chi connectivity index (χ0) is 8.15. The summed E-state index contributed by atoms with van der Waals surface area (Å²) in [6, 6.07) is -0.411. The Hall–Kier alpha value is 0.0300. The summed E-state index contributed by atoms with van der Waals surface area (Å²) in [5.74, 6) is 0. The van der Waals surface area contributed by atoms with Crippen molar-refractivity contribution in [3.8, 4) is 0 Å². The molecule has 1 unspecified atom stereocenters. The second kappa shape index (κ2) is 4.79.